The summed E-state index contributed by atoms with van der Waals surface area (Å²) in [4.78, 5) is 23.2. The number of anilines is 3. The zero-order valence-electron chi connectivity index (χ0n) is 17.5. The van der Waals surface area contributed by atoms with Gasteiger partial charge in [-0.1, -0.05) is 29.3 Å². The average molecular weight is 478 g/mol. The highest BCUT2D eigenvalue weighted by molar-refractivity contribution is 6.36. The molecule has 0 fully saturated rings. The van der Waals surface area contributed by atoms with Gasteiger partial charge in [0.2, 0.25) is 5.95 Å². The van der Waals surface area contributed by atoms with Crippen molar-refractivity contribution in [2.75, 3.05) is 23.9 Å². The number of benzene rings is 2. The van der Waals surface area contributed by atoms with Crippen molar-refractivity contribution < 1.29 is 13.9 Å². The van der Waals surface area contributed by atoms with Crippen LogP contribution in [0.25, 0.3) is 0 Å². The van der Waals surface area contributed by atoms with Gasteiger partial charge < -0.3 is 15.4 Å². The van der Waals surface area contributed by atoms with E-state index in [-0.39, 0.29) is 12.6 Å². The first-order valence-electron chi connectivity index (χ1n) is 9.74. The van der Waals surface area contributed by atoms with Crippen molar-refractivity contribution in [3.8, 4) is 0 Å². The summed E-state index contributed by atoms with van der Waals surface area (Å²) in [6.45, 7) is 2.46. The van der Waals surface area contributed by atoms with E-state index < -0.39 is 11.8 Å². The van der Waals surface area contributed by atoms with Gasteiger partial charge in [0.1, 0.15) is 11.6 Å². The number of nitrogens with one attached hydrogen (secondary N) is 2. The van der Waals surface area contributed by atoms with Crippen LogP contribution in [0, 0.1) is 5.82 Å². The maximum atomic E-state index is 13.5. The van der Waals surface area contributed by atoms with E-state index in [1.54, 1.807) is 31.4 Å². The predicted molar refractivity (Wildman–Crippen MR) is 124 cm³/mol. The van der Waals surface area contributed by atoms with Crippen molar-refractivity contribution in [1.29, 1.82) is 0 Å². The van der Waals surface area contributed by atoms with Crippen LogP contribution in [0.1, 0.15) is 12.5 Å². The monoisotopic (exact) mass is 477 g/mol. The van der Waals surface area contributed by atoms with E-state index in [0.717, 1.165) is 0 Å². The first kappa shape index (κ1) is 23.7. The topological polar surface area (TPSA) is 79.4 Å². The van der Waals surface area contributed by atoms with Crippen LogP contribution >= 0.6 is 23.2 Å². The van der Waals surface area contributed by atoms with Crippen molar-refractivity contribution >= 4 is 46.7 Å². The highest BCUT2D eigenvalue weighted by Gasteiger charge is 2.21. The Morgan fingerprint density at radius 1 is 1.16 bits per heavy atom. The molecule has 1 heterocycles. The molecule has 0 radical (unpaired) electrons. The minimum atomic E-state index is -0.498. The van der Waals surface area contributed by atoms with Gasteiger partial charge in [0.25, 0.3) is 0 Å². The Morgan fingerprint density at radius 2 is 1.84 bits per heavy atom. The lowest BCUT2D eigenvalue weighted by Gasteiger charge is -2.23. The van der Waals surface area contributed by atoms with E-state index in [1.165, 1.54) is 35.4 Å². The summed E-state index contributed by atoms with van der Waals surface area (Å²) in [5, 5.41) is 6.78. The SMILES string of the molecule is COCC(C)Nc1nccc(N(C(=O)NCc2c(Cl)cccc2Cl)c2ccc(F)cc2)n1. The number of hydrogen-bond acceptors (Lipinski definition) is 5. The number of halogens is 3. The molecule has 0 aliphatic rings. The number of carbonyl (C=O) groups excluding carboxylic acids is 1. The van der Waals surface area contributed by atoms with Crippen LogP contribution < -0.4 is 15.5 Å². The number of nitrogens with zero attached hydrogens (tertiary/aromatic N) is 3. The first-order valence-corrected chi connectivity index (χ1v) is 10.5. The molecular formula is C22H22Cl2FN5O2. The number of carbonyl (C=O) groups is 1. The van der Waals surface area contributed by atoms with Crippen LogP contribution in [-0.2, 0) is 11.3 Å². The highest BCUT2D eigenvalue weighted by atomic mass is 35.5. The van der Waals surface area contributed by atoms with Gasteiger partial charge in [-0.15, -0.1) is 0 Å². The minimum Gasteiger partial charge on any atom is -0.383 e. The second-order valence-corrected chi connectivity index (χ2v) is 7.72. The normalized spacial score (nSPS) is 11.7. The van der Waals surface area contributed by atoms with Crippen LogP contribution in [0.5, 0.6) is 0 Å². The van der Waals surface area contributed by atoms with Gasteiger partial charge in [-0.2, -0.15) is 4.98 Å². The molecule has 2 N–H and O–H groups in total. The van der Waals surface area contributed by atoms with E-state index in [9.17, 15) is 9.18 Å². The molecule has 3 aromatic rings. The quantitative estimate of drug-likeness (QED) is 0.452. The van der Waals surface area contributed by atoms with Crippen molar-refractivity contribution in [1.82, 2.24) is 15.3 Å². The first-order chi connectivity index (χ1) is 15.4. The number of aromatic nitrogens is 2. The minimum absolute atomic E-state index is 0.0503. The summed E-state index contributed by atoms with van der Waals surface area (Å²) in [7, 11) is 1.60. The Morgan fingerprint density at radius 3 is 2.50 bits per heavy atom. The molecule has 168 valence electrons. The van der Waals surface area contributed by atoms with Crippen LogP contribution in [0.2, 0.25) is 10.0 Å². The molecule has 2 amide bonds. The average Bonchev–Trinajstić information content (AvgIpc) is 2.75. The Bertz CT molecular complexity index is 1050. The van der Waals surface area contributed by atoms with E-state index in [1.807, 2.05) is 6.92 Å². The zero-order chi connectivity index (χ0) is 23.1. The third-order valence-electron chi connectivity index (χ3n) is 4.43. The third kappa shape index (κ3) is 6.06. The molecule has 7 nitrogen and oxygen atoms in total. The summed E-state index contributed by atoms with van der Waals surface area (Å²) in [6, 6.07) is 11.6. The molecule has 10 heteroatoms. The van der Waals surface area contributed by atoms with Gasteiger partial charge in [0, 0.05) is 47.6 Å². The van der Waals surface area contributed by atoms with E-state index >= 15 is 0 Å². The molecular weight excluding hydrogens is 456 g/mol. The van der Waals surface area contributed by atoms with Crippen molar-refractivity contribution in [3.05, 3.63) is 76.2 Å². The summed E-state index contributed by atoms with van der Waals surface area (Å²) < 4.78 is 18.6. The molecule has 3 rings (SSSR count). The molecule has 0 saturated heterocycles. The van der Waals surface area contributed by atoms with Crippen LogP contribution in [-0.4, -0.2) is 35.8 Å². The number of amides is 2. The van der Waals surface area contributed by atoms with Crippen LogP contribution in [0.15, 0.2) is 54.7 Å². The maximum absolute atomic E-state index is 13.5. The summed E-state index contributed by atoms with van der Waals surface area (Å²) in [5.74, 6) is 0.193. The Kier molecular flexibility index (Phi) is 8.21. The van der Waals surface area contributed by atoms with E-state index in [0.29, 0.717) is 39.7 Å². The number of rotatable bonds is 8. The summed E-state index contributed by atoms with van der Waals surface area (Å²) in [6.07, 6.45) is 1.53. The molecule has 0 aliphatic carbocycles. The van der Waals surface area contributed by atoms with Crippen molar-refractivity contribution in [3.63, 3.8) is 0 Å². The molecule has 1 aromatic heterocycles. The number of ether oxygens (including phenoxy) is 1. The summed E-state index contributed by atoms with van der Waals surface area (Å²) >= 11 is 12.4. The van der Waals surface area contributed by atoms with E-state index in [4.69, 9.17) is 27.9 Å². The Balaban J connectivity index is 1.89. The standard InChI is InChI=1S/C22H22Cl2FN5O2/c1-14(13-32-2)28-21-26-11-10-20(29-21)30(16-8-6-15(25)7-9-16)22(31)27-12-17-18(23)4-3-5-19(17)24/h3-11,14H,12-13H2,1-2H3,(H,27,31)(H,26,28,29). The lowest BCUT2D eigenvalue weighted by Crippen LogP contribution is -2.37. The molecule has 32 heavy (non-hydrogen) atoms. The van der Waals surface area contributed by atoms with Crippen LogP contribution in [0.4, 0.5) is 26.6 Å². The van der Waals surface area contributed by atoms with Crippen molar-refractivity contribution in [2.24, 2.45) is 0 Å². The zero-order valence-corrected chi connectivity index (χ0v) is 19.0. The fourth-order valence-corrected chi connectivity index (χ4v) is 3.47. The molecule has 1 atom stereocenters. The lowest BCUT2D eigenvalue weighted by molar-refractivity contribution is 0.190. The molecule has 0 spiro atoms. The molecule has 0 aliphatic heterocycles. The van der Waals surface area contributed by atoms with Gasteiger partial charge in [-0.05, 0) is 43.3 Å². The molecule has 2 aromatic carbocycles. The fraction of sp³-hybridized carbons (Fsp3) is 0.227. The predicted octanol–water partition coefficient (Wildman–Crippen LogP) is 5.42. The number of hydrogen-bond donors (Lipinski definition) is 2. The van der Waals surface area contributed by atoms with Gasteiger partial charge in [0.15, 0.2) is 0 Å². The van der Waals surface area contributed by atoms with Gasteiger partial charge in [-0.3, -0.25) is 0 Å². The highest BCUT2D eigenvalue weighted by Crippen LogP contribution is 2.27. The number of urea groups is 1. The van der Waals surface area contributed by atoms with E-state index in [2.05, 4.69) is 20.6 Å². The van der Waals surface area contributed by atoms with Crippen LogP contribution in [0.3, 0.4) is 0 Å². The van der Waals surface area contributed by atoms with Gasteiger partial charge >= 0.3 is 6.03 Å². The number of methoxy groups -OCH3 is 1. The molecule has 0 bridgehead atoms. The Hall–Kier alpha value is -2.94. The smallest absolute Gasteiger partial charge is 0.327 e. The van der Waals surface area contributed by atoms with Gasteiger partial charge in [0.05, 0.1) is 12.3 Å². The Labute approximate surface area is 195 Å². The fourth-order valence-electron chi connectivity index (χ4n) is 2.94. The second kappa shape index (κ2) is 11.1. The lowest BCUT2D eigenvalue weighted by atomic mass is 10.2. The van der Waals surface area contributed by atoms with Gasteiger partial charge in [-0.25, -0.2) is 19.1 Å². The maximum Gasteiger partial charge on any atom is 0.327 e. The largest absolute Gasteiger partial charge is 0.383 e. The summed E-state index contributed by atoms with van der Waals surface area (Å²) in [5.41, 5.74) is 1.01. The molecule has 0 saturated carbocycles. The second-order valence-electron chi connectivity index (χ2n) is 6.91. The molecule has 1 unspecified atom stereocenters. The van der Waals surface area contributed by atoms with Crippen molar-refractivity contribution in [2.45, 2.75) is 19.5 Å². The third-order valence-corrected chi connectivity index (χ3v) is 5.14.